The molecule has 0 atom stereocenters. The standard InChI is InChI=1S/C38H46N2O3/c1-8-27-11-18-32(19-12-27)40(38(42)34-22-33-24(2)9-10-25(3)36(33)26(34)4)23-31-21-30(17-20-35(31)43-7)28-13-15-29(16-14-28)37(41)39(5)6/h9-10,13-17,20-21,27,32H,8,11-12,18-19,22-23H2,1-7H3. The summed E-state index contributed by atoms with van der Waals surface area (Å²) in [6.45, 7) is 9.21. The summed E-state index contributed by atoms with van der Waals surface area (Å²) in [4.78, 5) is 30.8. The molecule has 0 N–H and O–H groups in total. The first-order valence-electron chi connectivity index (χ1n) is 15.7. The number of hydrogen-bond acceptors (Lipinski definition) is 3. The van der Waals surface area contributed by atoms with Crippen LogP contribution in [0.3, 0.4) is 0 Å². The van der Waals surface area contributed by atoms with Gasteiger partial charge in [-0.25, -0.2) is 0 Å². The molecule has 226 valence electrons. The zero-order valence-corrected chi connectivity index (χ0v) is 26.9. The molecule has 0 radical (unpaired) electrons. The van der Waals surface area contributed by atoms with Crippen molar-refractivity contribution in [1.82, 2.24) is 9.80 Å². The molecule has 2 aliphatic rings. The lowest BCUT2D eigenvalue weighted by Gasteiger charge is -2.37. The quantitative estimate of drug-likeness (QED) is 0.272. The minimum Gasteiger partial charge on any atom is -0.496 e. The van der Waals surface area contributed by atoms with Crippen molar-refractivity contribution in [2.24, 2.45) is 5.92 Å². The third-order valence-corrected chi connectivity index (χ3v) is 9.78. The van der Waals surface area contributed by atoms with Crippen molar-refractivity contribution in [3.8, 4) is 16.9 Å². The van der Waals surface area contributed by atoms with Crippen LogP contribution in [0, 0.1) is 19.8 Å². The Hall–Kier alpha value is -3.86. The second-order valence-electron chi connectivity index (χ2n) is 12.7. The van der Waals surface area contributed by atoms with Crippen molar-refractivity contribution in [2.45, 2.75) is 78.8 Å². The van der Waals surface area contributed by atoms with Crippen LogP contribution in [0.25, 0.3) is 16.7 Å². The van der Waals surface area contributed by atoms with Gasteiger partial charge in [-0.15, -0.1) is 0 Å². The molecule has 43 heavy (non-hydrogen) atoms. The van der Waals surface area contributed by atoms with E-state index in [-0.39, 0.29) is 17.9 Å². The summed E-state index contributed by atoms with van der Waals surface area (Å²) in [5.41, 5.74) is 10.8. The molecule has 5 nitrogen and oxygen atoms in total. The summed E-state index contributed by atoms with van der Waals surface area (Å²) in [5.74, 6) is 1.68. The van der Waals surface area contributed by atoms with E-state index in [1.807, 2.05) is 30.3 Å². The molecular formula is C38H46N2O3. The third-order valence-electron chi connectivity index (χ3n) is 9.78. The van der Waals surface area contributed by atoms with E-state index >= 15 is 0 Å². The van der Waals surface area contributed by atoms with E-state index < -0.39 is 0 Å². The largest absolute Gasteiger partial charge is 0.496 e. The zero-order valence-electron chi connectivity index (χ0n) is 26.9. The summed E-state index contributed by atoms with van der Waals surface area (Å²) in [6, 6.07) is 18.5. The van der Waals surface area contributed by atoms with E-state index in [2.05, 4.69) is 56.9 Å². The summed E-state index contributed by atoms with van der Waals surface area (Å²) >= 11 is 0. The number of aryl methyl sites for hydroxylation is 2. The Labute approximate surface area is 257 Å². The fourth-order valence-corrected chi connectivity index (χ4v) is 7.05. The third kappa shape index (κ3) is 6.13. The fraction of sp³-hybridized carbons (Fsp3) is 0.421. The average molecular weight is 579 g/mol. The van der Waals surface area contributed by atoms with E-state index in [0.29, 0.717) is 18.5 Å². The van der Waals surface area contributed by atoms with Crippen LogP contribution in [0.4, 0.5) is 0 Å². The van der Waals surface area contributed by atoms with Crippen LogP contribution in [-0.4, -0.2) is 48.9 Å². The SMILES string of the molecule is CCC1CCC(N(Cc2cc(-c3ccc(C(=O)N(C)C)cc3)ccc2OC)C(=O)C2=C(C)c3c(C)ccc(C)c3C2)CC1. The van der Waals surface area contributed by atoms with E-state index in [1.165, 1.54) is 28.7 Å². The topological polar surface area (TPSA) is 49.9 Å². The normalized spacial score (nSPS) is 17.9. The van der Waals surface area contributed by atoms with Gasteiger partial charge in [0.25, 0.3) is 11.8 Å². The van der Waals surface area contributed by atoms with Crippen LogP contribution in [0.5, 0.6) is 5.75 Å². The maximum absolute atomic E-state index is 14.6. The summed E-state index contributed by atoms with van der Waals surface area (Å²) in [5, 5.41) is 0. The summed E-state index contributed by atoms with van der Waals surface area (Å²) in [7, 11) is 5.22. The van der Waals surface area contributed by atoms with Crippen molar-refractivity contribution in [1.29, 1.82) is 0 Å². The molecule has 2 amide bonds. The fourth-order valence-electron chi connectivity index (χ4n) is 7.05. The Kier molecular flexibility index (Phi) is 9.10. The van der Waals surface area contributed by atoms with Gasteiger partial charge in [0.2, 0.25) is 0 Å². The lowest BCUT2D eigenvalue weighted by atomic mass is 9.83. The van der Waals surface area contributed by atoms with Crippen LogP contribution in [0.15, 0.2) is 60.2 Å². The van der Waals surface area contributed by atoms with Gasteiger partial charge in [0.1, 0.15) is 5.75 Å². The second kappa shape index (κ2) is 12.8. The lowest BCUT2D eigenvalue weighted by Crippen LogP contribution is -2.42. The van der Waals surface area contributed by atoms with Crippen molar-refractivity contribution in [3.63, 3.8) is 0 Å². The highest BCUT2D eigenvalue weighted by molar-refractivity contribution is 6.04. The Morgan fingerprint density at radius 2 is 1.49 bits per heavy atom. The maximum atomic E-state index is 14.6. The van der Waals surface area contributed by atoms with E-state index in [9.17, 15) is 9.59 Å². The molecule has 3 aromatic rings. The Morgan fingerprint density at radius 1 is 0.837 bits per heavy atom. The highest BCUT2D eigenvalue weighted by Crippen LogP contribution is 2.40. The number of fused-ring (bicyclic) bond motifs is 1. The minimum absolute atomic E-state index is 0.0158. The number of amides is 2. The van der Waals surface area contributed by atoms with E-state index in [1.54, 1.807) is 26.1 Å². The highest BCUT2D eigenvalue weighted by Gasteiger charge is 2.34. The number of carbonyl (C=O) groups is 2. The highest BCUT2D eigenvalue weighted by atomic mass is 16.5. The molecule has 2 aliphatic carbocycles. The second-order valence-corrected chi connectivity index (χ2v) is 12.7. The van der Waals surface area contributed by atoms with E-state index in [4.69, 9.17) is 4.74 Å². The number of rotatable bonds is 8. The molecule has 0 aromatic heterocycles. The van der Waals surface area contributed by atoms with Gasteiger partial charge in [-0.3, -0.25) is 9.59 Å². The Balaban J connectivity index is 1.49. The first-order valence-corrected chi connectivity index (χ1v) is 15.7. The minimum atomic E-state index is -0.0158. The molecule has 0 bridgehead atoms. The van der Waals surface area contributed by atoms with Crippen LogP contribution in [-0.2, 0) is 17.8 Å². The van der Waals surface area contributed by atoms with Gasteiger partial charge in [0.15, 0.2) is 0 Å². The predicted molar refractivity (Wildman–Crippen MR) is 175 cm³/mol. The van der Waals surface area contributed by atoms with Crippen LogP contribution < -0.4 is 4.74 Å². The lowest BCUT2D eigenvalue weighted by molar-refractivity contribution is -0.131. The molecule has 3 aromatic carbocycles. The van der Waals surface area contributed by atoms with Crippen molar-refractivity contribution < 1.29 is 14.3 Å². The molecule has 0 spiro atoms. The molecule has 0 heterocycles. The van der Waals surface area contributed by atoms with Gasteiger partial charge in [0, 0.05) is 49.8 Å². The number of nitrogens with zero attached hydrogens (tertiary/aromatic N) is 2. The Bertz CT molecular complexity index is 1540. The van der Waals surface area contributed by atoms with Gasteiger partial charge in [-0.1, -0.05) is 43.7 Å². The summed E-state index contributed by atoms with van der Waals surface area (Å²) < 4.78 is 5.84. The molecule has 1 fully saturated rings. The molecule has 0 unspecified atom stereocenters. The van der Waals surface area contributed by atoms with Crippen molar-refractivity contribution >= 4 is 17.4 Å². The van der Waals surface area contributed by atoms with Gasteiger partial charge in [0.05, 0.1) is 7.11 Å². The monoisotopic (exact) mass is 578 g/mol. The summed E-state index contributed by atoms with van der Waals surface area (Å²) in [6.07, 6.45) is 6.29. The number of carbonyl (C=O) groups excluding carboxylic acids is 2. The maximum Gasteiger partial charge on any atom is 0.253 e. The number of hydrogen-bond donors (Lipinski definition) is 0. The van der Waals surface area contributed by atoms with Gasteiger partial charge < -0.3 is 14.5 Å². The molecular weight excluding hydrogens is 532 g/mol. The first-order chi connectivity index (χ1) is 20.6. The van der Waals surface area contributed by atoms with E-state index in [0.717, 1.165) is 65.2 Å². The van der Waals surface area contributed by atoms with Gasteiger partial charge in [-0.2, -0.15) is 0 Å². The smallest absolute Gasteiger partial charge is 0.253 e. The Morgan fingerprint density at radius 3 is 2.09 bits per heavy atom. The van der Waals surface area contributed by atoms with Gasteiger partial charge in [-0.05, 0) is 116 Å². The van der Waals surface area contributed by atoms with Crippen LogP contribution in [0.2, 0.25) is 0 Å². The number of ether oxygens (including phenoxy) is 1. The molecule has 1 saturated carbocycles. The first kappa shape index (κ1) is 30.6. The van der Waals surface area contributed by atoms with Gasteiger partial charge >= 0.3 is 0 Å². The van der Waals surface area contributed by atoms with Crippen molar-refractivity contribution in [2.75, 3.05) is 21.2 Å². The number of methoxy groups -OCH3 is 1. The van der Waals surface area contributed by atoms with Crippen LogP contribution in [0.1, 0.15) is 84.1 Å². The number of benzene rings is 3. The van der Waals surface area contributed by atoms with Crippen LogP contribution >= 0.6 is 0 Å². The predicted octanol–water partition coefficient (Wildman–Crippen LogP) is 8.01. The molecule has 5 rings (SSSR count). The zero-order chi connectivity index (χ0) is 30.8. The molecule has 0 aliphatic heterocycles. The molecule has 5 heteroatoms. The van der Waals surface area contributed by atoms with Crippen molar-refractivity contribution in [3.05, 3.63) is 93.6 Å². The average Bonchev–Trinajstić information content (AvgIpc) is 3.39. The molecule has 0 saturated heterocycles. The number of allylic oxidation sites excluding steroid dienone is 1.